The molecule has 22 heavy (non-hydrogen) atoms. The topological polar surface area (TPSA) is 101 Å². The second kappa shape index (κ2) is 11.0. The van der Waals surface area contributed by atoms with Crippen LogP contribution in [-0.4, -0.2) is 34.7 Å². The first-order valence-electron chi connectivity index (χ1n) is 8.07. The molecule has 0 heterocycles. The number of carbonyl (C=O) groups is 3. The number of hydrogen-bond acceptors (Lipinski definition) is 4. The van der Waals surface area contributed by atoms with E-state index in [-0.39, 0.29) is 13.0 Å². The number of aliphatic carboxylic acids is 2. The quantitative estimate of drug-likeness (QED) is 0.307. The Morgan fingerprint density at radius 2 is 1.27 bits per heavy atom. The Bertz CT molecular complexity index is 350. The maximum absolute atomic E-state index is 11.8. The minimum Gasteiger partial charge on any atom is -0.480 e. The van der Waals surface area contributed by atoms with Crippen LogP contribution in [0.3, 0.4) is 0 Å². The van der Waals surface area contributed by atoms with Gasteiger partial charge in [0.1, 0.15) is 0 Å². The van der Waals surface area contributed by atoms with Gasteiger partial charge in [0.15, 0.2) is 0 Å². The van der Waals surface area contributed by atoms with Crippen molar-refractivity contribution < 1.29 is 29.3 Å². The van der Waals surface area contributed by atoms with Gasteiger partial charge in [-0.2, -0.15) is 0 Å². The average molecular weight is 316 g/mol. The number of unbranched alkanes of at least 4 members (excludes halogenated alkanes) is 7. The van der Waals surface area contributed by atoms with E-state index in [0.717, 1.165) is 19.3 Å². The van der Waals surface area contributed by atoms with Crippen LogP contribution in [0.15, 0.2) is 0 Å². The molecule has 0 rings (SSSR count). The minimum atomic E-state index is -2.47. The third-order valence-electron chi connectivity index (χ3n) is 3.76. The number of carboxylic acids is 2. The van der Waals surface area contributed by atoms with Crippen molar-refractivity contribution in [3.8, 4) is 0 Å². The summed E-state index contributed by atoms with van der Waals surface area (Å²) in [6.45, 7) is 3.62. The summed E-state index contributed by atoms with van der Waals surface area (Å²) in [6.07, 6.45) is 7.55. The molecule has 0 aliphatic heterocycles. The summed E-state index contributed by atoms with van der Waals surface area (Å²) >= 11 is 0. The number of esters is 1. The van der Waals surface area contributed by atoms with Crippen LogP contribution in [0.2, 0.25) is 0 Å². The molecule has 0 unspecified atom stereocenters. The summed E-state index contributed by atoms with van der Waals surface area (Å²) in [5, 5.41) is 18.4. The Morgan fingerprint density at radius 1 is 0.818 bits per heavy atom. The Labute approximate surface area is 131 Å². The van der Waals surface area contributed by atoms with Gasteiger partial charge in [0, 0.05) is 0 Å². The van der Waals surface area contributed by atoms with Gasteiger partial charge in [0.05, 0.1) is 6.61 Å². The molecule has 0 bridgehead atoms. The van der Waals surface area contributed by atoms with Crippen LogP contribution in [0, 0.1) is 5.41 Å². The van der Waals surface area contributed by atoms with Gasteiger partial charge in [0.25, 0.3) is 5.41 Å². The normalized spacial score (nSPS) is 11.2. The molecule has 128 valence electrons. The highest BCUT2D eigenvalue weighted by Crippen LogP contribution is 2.28. The first kappa shape index (κ1) is 20.4. The molecular formula is C16H28O6. The lowest BCUT2D eigenvalue weighted by atomic mass is 9.82. The second-order valence-electron chi connectivity index (χ2n) is 5.46. The fourth-order valence-corrected chi connectivity index (χ4v) is 2.36. The van der Waals surface area contributed by atoms with E-state index in [1.807, 2.05) is 0 Å². The van der Waals surface area contributed by atoms with Gasteiger partial charge in [-0.1, -0.05) is 58.3 Å². The molecule has 0 aliphatic carbocycles. The third kappa shape index (κ3) is 6.03. The molecule has 6 nitrogen and oxygen atoms in total. The van der Waals surface area contributed by atoms with Crippen LogP contribution in [0.25, 0.3) is 0 Å². The number of hydrogen-bond donors (Lipinski definition) is 2. The number of rotatable bonds is 13. The molecule has 0 amide bonds. The van der Waals surface area contributed by atoms with E-state index in [0.29, 0.717) is 12.8 Å². The number of carboxylic acid groups (broad SMARTS) is 2. The van der Waals surface area contributed by atoms with Crippen LogP contribution in [-0.2, 0) is 19.1 Å². The predicted molar refractivity (Wildman–Crippen MR) is 81.6 cm³/mol. The van der Waals surface area contributed by atoms with Crippen molar-refractivity contribution in [1.82, 2.24) is 0 Å². The van der Waals surface area contributed by atoms with Crippen molar-refractivity contribution in [3.63, 3.8) is 0 Å². The molecule has 0 fully saturated rings. The SMILES string of the molecule is CCCCCCCCCCC(C(=O)O)(C(=O)O)C(=O)OCC. The van der Waals surface area contributed by atoms with Gasteiger partial charge in [-0.15, -0.1) is 0 Å². The lowest BCUT2D eigenvalue weighted by Gasteiger charge is -2.22. The third-order valence-corrected chi connectivity index (χ3v) is 3.76. The largest absolute Gasteiger partial charge is 0.480 e. The van der Waals surface area contributed by atoms with E-state index in [9.17, 15) is 24.6 Å². The fourth-order valence-electron chi connectivity index (χ4n) is 2.36. The number of carbonyl (C=O) groups excluding carboxylic acids is 1. The van der Waals surface area contributed by atoms with E-state index in [2.05, 4.69) is 11.7 Å². The highest BCUT2D eigenvalue weighted by atomic mass is 16.5. The molecule has 0 atom stereocenters. The fraction of sp³-hybridized carbons (Fsp3) is 0.812. The Morgan fingerprint density at radius 3 is 1.68 bits per heavy atom. The second-order valence-corrected chi connectivity index (χ2v) is 5.46. The average Bonchev–Trinajstić information content (AvgIpc) is 2.45. The van der Waals surface area contributed by atoms with Crippen molar-refractivity contribution in [1.29, 1.82) is 0 Å². The minimum absolute atomic E-state index is 0.0431. The maximum Gasteiger partial charge on any atom is 0.335 e. The molecule has 0 spiro atoms. The summed E-state index contributed by atoms with van der Waals surface area (Å²) in [5.41, 5.74) is -2.47. The van der Waals surface area contributed by atoms with E-state index in [1.54, 1.807) is 0 Å². The van der Waals surface area contributed by atoms with Crippen LogP contribution in [0.1, 0.15) is 71.6 Å². The standard InChI is InChI=1S/C16H28O6/c1-3-5-6-7-8-9-10-11-12-16(13(17)18,14(19)20)15(21)22-4-2/h3-12H2,1-2H3,(H,17,18)(H,19,20). The smallest absolute Gasteiger partial charge is 0.335 e. The van der Waals surface area contributed by atoms with Crippen LogP contribution < -0.4 is 0 Å². The van der Waals surface area contributed by atoms with Crippen molar-refractivity contribution >= 4 is 17.9 Å². The van der Waals surface area contributed by atoms with Crippen LogP contribution in [0.5, 0.6) is 0 Å². The molecule has 0 aliphatic rings. The first-order chi connectivity index (χ1) is 10.4. The molecule has 0 aromatic carbocycles. The Balaban J connectivity index is 4.40. The molecule has 0 aromatic heterocycles. The zero-order valence-corrected chi connectivity index (χ0v) is 13.6. The predicted octanol–water partition coefficient (Wildman–Crippen LogP) is 3.24. The van der Waals surface area contributed by atoms with Crippen molar-refractivity contribution in [3.05, 3.63) is 0 Å². The molecule has 0 aromatic rings. The highest BCUT2D eigenvalue weighted by Gasteiger charge is 2.54. The van der Waals surface area contributed by atoms with Crippen LogP contribution in [0.4, 0.5) is 0 Å². The zero-order valence-electron chi connectivity index (χ0n) is 13.6. The van der Waals surface area contributed by atoms with Crippen LogP contribution >= 0.6 is 0 Å². The highest BCUT2D eigenvalue weighted by molar-refractivity contribution is 6.16. The maximum atomic E-state index is 11.8. The summed E-state index contributed by atoms with van der Waals surface area (Å²) < 4.78 is 4.65. The van der Waals surface area contributed by atoms with E-state index in [1.165, 1.54) is 26.2 Å². The van der Waals surface area contributed by atoms with Gasteiger partial charge in [-0.25, -0.2) is 0 Å². The lowest BCUT2D eigenvalue weighted by molar-refractivity contribution is -0.179. The van der Waals surface area contributed by atoms with Gasteiger partial charge in [-0.3, -0.25) is 14.4 Å². The molecule has 6 heteroatoms. The van der Waals surface area contributed by atoms with E-state index < -0.39 is 23.3 Å². The van der Waals surface area contributed by atoms with Gasteiger partial charge in [0.2, 0.25) is 0 Å². The Kier molecular flexibility index (Phi) is 10.2. The molecule has 0 saturated heterocycles. The molecular weight excluding hydrogens is 288 g/mol. The van der Waals surface area contributed by atoms with E-state index in [4.69, 9.17) is 0 Å². The first-order valence-corrected chi connectivity index (χ1v) is 8.07. The monoisotopic (exact) mass is 316 g/mol. The van der Waals surface area contributed by atoms with Gasteiger partial charge < -0.3 is 14.9 Å². The molecule has 2 N–H and O–H groups in total. The van der Waals surface area contributed by atoms with E-state index >= 15 is 0 Å². The molecule has 0 radical (unpaired) electrons. The van der Waals surface area contributed by atoms with Crippen molar-refractivity contribution in [2.24, 2.45) is 5.41 Å². The molecule has 0 saturated carbocycles. The lowest BCUT2D eigenvalue weighted by Crippen LogP contribution is -2.47. The van der Waals surface area contributed by atoms with Crippen molar-refractivity contribution in [2.45, 2.75) is 71.6 Å². The van der Waals surface area contributed by atoms with Gasteiger partial charge >= 0.3 is 17.9 Å². The summed E-state index contributed by atoms with van der Waals surface area (Å²) in [7, 11) is 0. The summed E-state index contributed by atoms with van der Waals surface area (Å²) in [6, 6.07) is 0. The Hall–Kier alpha value is -1.59. The zero-order chi connectivity index (χ0) is 17.0. The van der Waals surface area contributed by atoms with Crippen molar-refractivity contribution in [2.75, 3.05) is 6.61 Å². The number of ether oxygens (including phenoxy) is 1. The summed E-state index contributed by atoms with van der Waals surface area (Å²) in [4.78, 5) is 34.5. The van der Waals surface area contributed by atoms with Gasteiger partial charge in [-0.05, 0) is 13.3 Å². The summed E-state index contributed by atoms with van der Waals surface area (Å²) in [5.74, 6) is -4.49.